The monoisotopic (exact) mass is 231 g/mol. The van der Waals surface area contributed by atoms with Crippen molar-refractivity contribution in [3.8, 4) is 0 Å². The van der Waals surface area contributed by atoms with Crippen molar-refractivity contribution in [2.75, 3.05) is 19.9 Å². The van der Waals surface area contributed by atoms with Crippen molar-refractivity contribution in [3.05, 3.63) is 0 Å². The third-order valence-electron chi connectivity index (χ3n) is 2.36. The first-order valence-electron chi connectivity index (χ1n) is 5.26. The van der Waals surface area contributed by atoms with Crippen LogP contribution in [0.25, 0.3) is 0 Å². The zero-order valence-corrected chi connectivity index (χ0v) is 9.51. The number of carbonyl (C=O) groups excluding carboxylic acids is 1. The van der Waals surface area contributed by atoms with Gasteiger partial charge in [-0.2, -0.15) is 0 Å². The molecule has 0 aromatic rings. The van der Waals surface area contributed by atoms with E-state index >= 15 is 0 Å². The van der Waals surface area contributed by atoms with Gasteiger partial charge in [0.2, 0.25) is 0 Å². The molecule has 1 heterocycles. The van der Waals surface area contributed by atoms with Crippen LogP contribution in [0.15, 0.2) is 0 Å². The molecule has 16 heavy (non-hydrogen) atoms. The standard InChI is InChI=1S/C10H17NO5/c1-7(2)3-4-15-5-8-9(12)16-6-11(8)10(13)14/h7-8H,3-6H2,1-2H3,(H,13,14). The summed E-state index contributed by atoms with van der Waals surface area (Å²) >= 11 is 0. The molecule has 1 N–H and O–H groups in total. The van der Waals surface area contributed by atoms with E-state index < -0.39 is 18.1 Å². The van der Waals surface area contributed by atoms with Crippen LogP contribution >= 0.6 is 0 Å². The van der Waals surface area contributed by atoms with Crippen molar-refractivity contribution in [1.82, 2.24) is 4.90 Å². The normalized spacial score (nSPS) is 20.3. The van der Waals surface area contributed by atoms with E-state index in [1.54, 1.807) is 0 Å². The first kappa shape index (κ1) is 12.8. The van der Waals surface area contributed by atoms with Gasteiger partial charge in [-0.3, -0.25) is 4.90 Å². The van der Waals surface area contributed by atoms with Crippen LogP contribution in [0.5, 0.6) is 0 Å². The number of carbonyl (C=O) groups is 2. The lowest BCUT2D eigenvalue weighted by molar-refractivity contribution is -0.140. The summed E-state index contributed by atoms with van der Waals surface area (Å²) in [5.74, 6) is -0.0157. The van der Waals surface area contributed by atoms with Crippen molar-refractivity contribution in [3.63, 3.8) is 0 Å². The zero-order valence-electron chi connectivity index (χ0n) is 9.51. The molecular formula is C10H17NO5. The lowest BCUT2D eigenvalue weighted by Crippen LogP contribution is -2.40. The molecule has 92 valence electrons. The Balaban J connectivity index is 2.33. The summed E-state index contributed by atoms with van der Waals surface area (Å²) in [4.78, 5) is 22.9. The Morgan fingerprint density at radius 3 is 2.94 bits per heavy atom. The molecule has 0 aromatic heterocycles. The zero-order chi connectivity index (χ0) is 12.1. The molecule has 6 heteroatoms. The van der Waals surface area contributed by atoms with Gasteiger partial charge in [0.1, 0.15) is 0 Å². The molecule has 1 amide bonds. The van der Waals surface area contributed by atoms with Gasteiger partial charge >= 0.3 is 12.1 Å². The highest BCUT2D eigenvalue weighted by atomic mass is 16.6. The second-order valence-electron chi connectivity index (χ2n) is 4.12. The average molecular weight is 231 g/mol. The molecule has 0 bridgehead atoms. The van der Waals surface area contributed by atoms with Gasteiger partial charge in [0.25, 0.3) is 0 Å². The number of ether oxygens (including phenoxy) is 2. The minimum atomic E-state index is -1.16. The maximum atomic E-state index is 11.2. The molecule has 0 aromatic carbocycles. The third-order valence-corrected chi connectivity index (χ3v) is 2.36. The number of hydrogen-bond donors (Lipinski definition) is 1. The molecule has 1 fully saturated rings. The largest absolute Gasteiger partial charge is 0.465 e. The van der Waals surface area contributed by atoms with Crippen molar-refractivity contribution in [1.29, 1.82) is 0 Å². The molecule has 1 aliphatic heterocycles. The highest BCUT2D eigenvalue weighted by molar-refractivity contribution is 5.83. The third kappa shape index (κ3) is 3.37. The van der Waals surface area contributed by atoms with Gasteiger partial charge in [0.15, 0.2) is 12.8 Å². The average Bonchev–Trinajstić information content (AvgIpc) is 2.54. The van der Waals surface area contributed by atoms with E-state index in [4.69, 9.17) is 9.84 Å². The van der Waals surface area contributed by atoms with Crippen molar-refractivity contribution in [2.24, 2.45) is 5.92 Å². The molecule has 6 nitrogen and oxygen atoms in total. The van der Waals surface area contributed by atoms with Crippen molar-refractivity contribution < 1.29 is 24.2 Å². The van der Waals surface area contributed by atoms with E-state index in [9.17, 15) is 9.59 Å². The Labute approximate surface area is 94.1 Å². The summed E-state index contributed by atoms with van der Waals surface area (Å²) in [6.45, 7) is 4.52. The van der Waals surface area contributed by atoms with E-state index in [0.717, 1.165) is 11.3 Å². The van der Waals surface area contributed by atoms with Crippen molar-refractivity contribution >= 4 is 12.1 Å². The predicted octanol–water partition coefficient (Wildman–Crippen LogP) is 0.912. The summed E-state index contributed by atoms with van der Waals surface area (Å²) < 4.78 is 9.92. The van der Waals surface area contributed by atoms with Gasteiger partial charge in [-0.15, -0.1) is 0 Å². The minimum Gasteiger partial charge on any atom is -0.465 e. The maximum Gasteiger partial charge on any atom is 0.410 e. The van der Waals surface area contributed by atoms with E-state index in [2.05, 4.69) is 18.6 Å². The highest BCUT2D eigenvalue weighted by Gasteiger charge is 2.37. The molecule has 0 radical (unpaired) electrons. The minimum absolute atomic E-state index is 0.0673. The van der Waals surface area contributed by atoms with E-state index in [0.29, 0.717) is 12.5 Å². The predicted molar refractivity (Wildman–Crippen MR) is 54.9 cm³/mol. The molecule has 0 spiro atoms. The first-order chi connectivity index (χ1) is 7.52. The van der Waals surface area contributed by atoms with Gasteiger partial charge in [0, 0.05) is 6.61 Å². The topological polar surface area (TPSA) is 76.1 Å². The summed E-state index contributed by atoms with van der Waals surface area (Å²) in [7, 11) is 0. The van der Waals surface area contributed by atoms with Gasteiger partial charge < -0.3 is 14.6 Å². The number of esters is 1. The molecule has 0 saturated carbocycles. The molecule has 1 aliphatic rings. The van der Waals surface area contributed by atoms with Crippen LogP contribution in [-0.4, -0.2) is 48.1 Å². The molecule has 1 saturated heterocycles. The fraction of sp³-hybridized carbons (Fsp3) is 0.800. The van der Waals surface area contributed by atoms with E-state index in [-0.39, 0.29) is 13.3 Å². The van der Waals surface area contributed by atoms with E-state index in [1.807, 2.05) is 0 Å². The smallest absolute Gasteiger partial charge is 0.410 e. The van der Waals surface area contributed by atoms with Crippen LogP contribution < -0.4 is 0 Å². The molecule has 1 atom stereocenters. The Morgan fingerprint density at radius 1 is 1.69 bits per heavy atom. The number of amides is 1. The van der Waals surface area contributed by atoms with Crippen LogP contribution in [0.2, 0.25) is 0 Å². The second-order valence-corrected chi connectivity index (χ2v) is 4.12. The van der Waals surface area contributed by atoms with Gasteiger partial charge in [-0.25, -0.2) is 9.59 Å². The van der Waals surface area contributed by atoms with Gasteiger partial charge in [0.05, 0.1) is 6.61 Å². The molecule has 1 unspecified atom stereocenters. The molecular weight excluding hydrogens is 214 g/mol. The molecule has 0 aliphatic carbocycles. The van der Waals surface area contributed by atoms with E-state index in [1.165, 1.54) is 0 Å². The van der Waals surface area contributed by atoms with Crippen molar-refractivity contribution in [2.45, 2.75) is 26.3 Å². The number of carboxylic acid groups (broad SMARTS) is 1. The van der Waals surface area contributed by atoms with Gasteiger partial charge in [-0.1, -0.05) is 13.8 Å². The van der Waals surface area contributed by atoms with Gasteiger partial charge in [-0.05, 0) is 12.3 Å². The van der Waals surface area contributed by atoms with Crippen LogP contribution in [-0.2, 0) is 14.3 Å². The number of cyclic esters (lactones) is 1. The summed E-state index contributed by atoms with van der Waals surface area (Å²) in [5.41, 5.74) is 0. The second kappa shape index (κ2) is 5.69. The number of nitrogens with zero attached hydrogens (tertiary/aromatic N) is 1. The Bertz CT molecular complexity index is 266. The lowest BCUT2D eigenvalue weighted by Gasteiger charge is -2.16. The number of rotatable bonds is 5. The Morgan fingerprint density at radius 2 is 2.38 bits per heavy atom. The maximum absolute atomic E-state index is 11.2. The summed E-state index contributed by atoms with van der Waals surface area (Å²) in [6.07, 6.45) is -0.280. The van der Waals surface area contributed by atoms with Crippen LogP contribution in [0.4, 0.5) is 4.79 Å². The summed E-state index contributed by atoms with van der Waals surface area (Å²) in [6, 6.07) is -0.815. The number of hydrogen-bond acceptors (Lipinski definition) is 4. The Hall–Kier alpha value is -1.30. The van der Waals surface area contributed by atoms with Crippen LogP contribution in [0.3, 0.4) is 0 Å². The fourth-order valence-corrected chi connectivity index (χ4v) is 1.31. The lowest BCUT2D eigenvalue weighted by atomic mass is 10.1. The van der Waals surface area contributed by atoms with Crippen LogP contribution in [0.1, 0.15) is 20.3 Å². The first-order valence-corrected chi connectivity index (χ1v) is 5.26. The van der Waals surface area contributed by atoms with Crippen LogP contribution in [0, 0.1) is 5.92 Å². The summed E-state index contributed by atoms with van der Waals surface area (Å²) in [5, 5.41) is 8.78. The molecule has 1 rings (SSSR count). The Kier molecular flexibility index (Phi) is 4.54. The quantitative estimate of drug-likeness (QED) is 0.562. The fourth-order valence-electron chi connectivity index (χ4n) is 1.31. The SMILES string of the molecule is CC(C)CCOCC1C(=O)OCN1C(=O)O. The highest BCUT2D eigenvalue weighted by Crippen LogP contribution is 2.12.